The predicted molar refractivity (Wildman–Crippen MR) is 125 cm³/mol. The number of carbonyl (C=O) groups excluding carboxylic acids is 1. The molecule has 1 fully saturated rings. The summed E-state index contributed by atoms with van der Waals surface area (Å²) in [5.41, 5.74) is 2.27. The predicted octanol–water partition coefficient (Wildman–Crippen LogP) is 5.23. The fraction of sp³-hybridized carbons (Fsp3) is 0.222. The van der Waals surface area contributed by atoms with Crippen LogP contribution < -0.4 is 4.74 Å². The van der Waals surface area contributed by atoms with Crippen LogP contribution in [0.1, 0.15) is 17.5 Å². The number of nitrogens with zero attached hydrogens (tertiary/aromatic N) is 2. The average Bonchev–Trinajstić information content (AvgIpc) is 3.05. The van der Waals surface area contributed by atoms with Crippen molar-refractivity contribution in [2.45, 2.75) is 13.0 Å². The van der Waals surface area contributed by atoms with E-state index in [4.69, 9.17) is 4.74 Å². The first-order valence-electron chi connectivity index (χ1n) is 10.8. The highest BCUT2D eigenvalue weighted by atomic mass is 16.5. The maximum Gasteiger partial charge on any atom is 0.246 e. The van der Waals surface area contributed by atoms with E-state index in [1.807, 2.05) is 83.8 Å². The molecule has 158 valence electrons. The maximum atomic E-state index is 12.6. The van der Waals surface area contributed by atoms with Crippen molar-refractivity contribution in [1.29, 1.82) is 0 Å². The molecular formula is C27H28N2O2. The van der Waals surface area contributed by atoms with Crippen LogP contribution in [0, 0.1) is 0 Å². The van der Waals surface area contributed by atoms with Crippen LogP contribution in [-0.2, 0) is 11.3 Å². The third kappa shape index (κ3) is 6.30. The second-order valence-electron chi connectivity index (χ2n) is 7.76. The Labute approximate surface area is 184 Å². The molecule has 1 amide bonds. The number of para-hydroxylation sites is 1. The van der Waals surface area contributed by atoms with Gasteiger partial charge < -0.3 is 9.64 Å². The van der Waals surface area contributed by atoms with Gasteiger partial charge in [0.25, 0.3) is 0 Å². The number of hydrogen-bond acceptors (Lipinski definition) is 3. The number of amides is 1. The van der Waals surface area contributed by atoms with Gasteiger partial charge in [0.2, 0.25) is 5.91 Å². The zero-order chi connectivity index (χ0) is 21.3. The molecule has 0 saturated carbocycles. The summed E-state index contributed by atoms with van der Waals surface area (Å²) in [7, 11) is 0. The summed E-state index contributed by atoms with van der Waals surface area (Å²) < 4.78 is 5.97. The Morgan fingerprint density at radius 2 is 1.55 bits per heavy atom. The van der Waals surface area contributed by atoms with Crippen LogP contribution in [0.3, 0.4) is 0 Å². The molecule has 0 unspecified atom stereocenters. The van der Waals surface area contributed by atoms with Gasteiger partial charge in [-0.2, -0.15) is 0 Å². The largest absolute Gasteiger partial charge is 0.457 e. The third-order valence-corrected chi connectivity index (χ3v) is 5.40. The number of carbonyl (C=O) groups is 1. The van der Waals surface area contributed by atoms with E-state index in [9.17, 15) is 4.79 Å². The van der Waals surface area contributed by atoms with Gasteiger partial charge in [-0.3, -0.25) is 9.69 Å². The lowest BCUT2D eigenvalue weighted by molar-refractivity contribution is -0.125. The quantitative estimate of drug-likeness (QED) is 0.520. The van der Waals surface area contributed by atoms with E-state index < -0.39 is 0 Å². The van der Waals surface area contributed by atoms with Crippen molar-refractivity contribution in [3.8, 4) is 11.5 Å². The van der Waals surface area contributed by atoms with Crippen LogP contribution in [0.2, 0.25) is 0 Å². The van der Waals surface area contributed by atoms with Gasteiger partial charge in [0.15, 0.2) is 0 Å². The molecule has 0 bridgehead atoms. The van der Waals surface area contributed by atoms with Gasteiger partial charge in [0.1, 0.15) is 11.5 Å². The van der Waals surface area contributed by atoms with Gasteiger partial charge in [0, 0.05) is 38.8 Å². The van der Waals surface area contributed by atoms with Crippen molar-refractivity contribution in [2.24, 2.45) is 0 Å². The molecule has 0 aromatic heterocycles. The SMILES string of the molecule is O=C(C=Cc1ccccc1)N1CCCN(Cc2cccc(Oc3ccccc3)c2)CC1. The number of hydrogen-bond donors (Lipinski definition) is 0. The molecule has 1 aliphatic heterocycles. The minimum absolute atomic E-state index is 0.0870. The molecule has 0 radical (unpaired) electrons. The molecule has 0 N–H and O–H groups in total. The smallest absolute Gasteiger partial charge is 0.246 e. The maximum absolute atomic E-state index is 12.6. The normalized spacial score (nSPS) is 15.0. The van der Waals surface area contributed by atoms with Crippen molar-refractivity contribution in [3.05, 3.63) is 102 Å². The first kappa shape index (κ1) is 20.9. The molecule has 1 aliphatic rings. The molecule has 4 nitrogen and oxygen atoms in total. The van der Waals surface area contributed by atoms with E-state index >= 15 is 0 Å². The van der Waals surface area contributed by atoms with E-state index in [1.54, 1.807) is 6.08 Å². The minimum atomic E-state index is 0.0870. The summed E-state index contributed by atoms with van der Waals surface area (Å²) in [6.07, 6.45) is 4.56. The van der Waals surface area contributed by atoms with E-state index in [0.717, 1.165) is 56.2 Å². The lowest BCUT2D eigenvalue weighted by Gasteiger charge is -2.21. The Kier molecular flexibility index (Phi) is 7.14. The Morgan fingerprint density at radius 3 is 2.35 bits per heavy atom. The standard InChI is InChI=1S/C27H28N2O2/c30-27(16-15-23-9-3-1-4-10-23)29-18-8-17-28(19-20-29)22-24-11-7-14-26(21-24)31-25-12-5-2-6-13-25/h1-7,9-16,21H,8,17-20,22H2. The Morgan fingerprint density at radius 1 is 0.806 bits per heavy atom. The van der Waals surface area contributed by atoms with Crippen molar-refractivity contribution < 1.29 is 9.53 Å². The monoisotopic (exact) mass is 412 g/mol. The van der Waals surface area contributed by atoms with Gasteiger partial charge in [-0.25, -0.2) is 0 Å². The molecule has 31 heavy (non-hydrogen) atoms. The molecule has 3 aromatic rings. The van der Waals surface area contributed by atoms with E-state index in [2.05, 4.69) is 17.0 Å². The lowest BCUT2D eigenvalue weighted by Crippen LogP contribution is -2.34. The van der Waals surface area contributed by atoms with E-state index in [-0.39, 0.29) is 5.91 Å². The summed E-state index contributed by atoms with van der Waals surface area (Å²) in [6, 6.07) is 28.0. The number of benzene rings is 3. The van der Waals surface area contributed by atoms with Crippen LogP contribution in [0.5, 0.6) is 11.5 Å². The average molecular weight is 413 g/mol. The molecule has 0 spiro atoms. The fourth-order valence-corrected chi connectivity index (χ4v) is 3.78. The summed E-state index contributed by atoms with van der Waals surface area (Å²) in [6.45, 7) is 4.25. The molecule has 4 rings (SSSR count). The van der Waals surface area contributed by atoms with Crippen molar-refractivity contribution in [1.82, 2.24) is 9.80 Å². The number of ether oxygens (including phenoxy) is 1. The topological polar surface area (TPSA) is 32.8 Å². The summed E-state index contributed by atoms with van der Waals surface area (Å²) in [4.78, 5) is 17.0. The summed E-state index contributed by atoms with van der Waals surface area (Å²) >= 11 is 0. The highest BCUT2D eigenvalue weighted by Gasteiger charge is 2.17. The van der Waals surface area contributed by atoms with Gasteiger partial charge in [-0.15, -0.1) is 0 Å². The van der Waals surface area contributed by atoms with Crippen LogP contribution in [0.4, 0.5) is 0 Å². The van der Waals surface area contributed by atoms with Crippen LogP contribution in [0.15, 0.2) is 91.0 Å². The highest BCUT2D eigenvalue weighted by Crippen LogP contribution is 2.22. The zero-order valence-corrected chi connectivity index (χ0v) is 17.7. The fourth-order valence-electron chi connectivity index (χ4n) is 3.78. The molecule has 4 heteroatoms. The molecule has 1 heterocycles. The highest BCUT2D eigenvalue weighted by molar-refractivity contribution is 5.91. The molecule has 0 atom stereocenters. The van der Waals surface area contributed by atoms with Crippen LogP contribution >= 0.6 is 0 Å². The number of rotatable bonds is 6. The van der Waals surface area contributed by atoms with Crippen LogP contribution in [0.25, 0.3) is 6.08 Å². The lowest BCUT2D eigenvalue weighted by atomic mass is 10.2. The molecule has 3 aromatic carbocycles. The van der Waals surface area contributed by atoms with Crippen molar-refractivity contribution >= 4 is 12.0 Å². The van der Waals surface area contributed by atoms with Crippen molar-refractivity contribution in [3.63, 3.8) is 0 Å². The first-order chi connectivity index (χ1) is 15.3. The van der Waals surface area contributed by atoms with Gasteiger partial charge in [0.05, 0.1) is 0 Å². The first-order valence-corrected chi connectivity index (χ1v) is 10.8. The summed E-state index contributed by atoms with van der Waals surface area (Å²) in [5, 5.41) is 0. The summed E-state index contributed by atoms with van der Waals surface area (Å²) in [5.74, 6) is 1.78. The Hall–Kier alpha value is -3.37. The van der Waals surface area contributed by atoms with Gasteiger partial charge in [-0.1, -0.05) is 60.7 Å². The van der Waals surface area contributed by atoms with Crippen molar-refractivity contribution in [2.75, 3.05) is 26.2 Å². The zero-order valence-electron chi connectivity index (χ0n) is 17.7. The van der Waals surface area contributed by atoms with Crippen LogP contribution in [-0.4, -0.2) is 41.9 Å². The Balaban J connectivity index is 1.31. The van der Waals surface area contributed by atoms with E-state index in [0.29, 0.717) is 0 Å². The van der Waals surface area contributed by atoms with Gasteiger partial charge >= 0.3 is 0 Å². The molecular weight excluding hydrogens is 384 g/mol. The minimum Gasteiger partial charge on any atom is -0.457 e. The molecule has 0 aliphatic carbocycles. The molecule has 1 saturated heterocycles. The second-order valence-corrected chi connectivity index (χ2v) is 7.76. The second kappa shape index (κ2) is 10.6. The van der Waals surface area contributed by atoms with E-state index in [1.165, 1.54) is 5.56 Å². The van der Waals surface area contributed by atoms with Gasteiger partial charge in [-0.05, 0) is 47.9 Å². The third-order valence-electron chi connectivity index (χ3n) is 5.40. The Bertz CT molecular complexity index is 1000.